The molecule has 1 aromatic carbocycles. The van der Waals surface area contributed by atoms with Crippen LogP contribution in [-0.2, 0) is 9.22 Å². The lowest BCUT2D eigenvalue weighted by Crippen LogP contribution is -2.24. The SMILES string of the molecule is CC(=CC(=O)Nc1ccccc1)O[Si](C)(C)C. The smallest absolute Gasteiger partial charge is 0.251 e. The molecule has 0 saturated carbocycles. The largest absolute Gasteiger partial charge is 0.547 e. The van der Waals surface area contributed by atoms with E-state index in [0.717, 1.165) is 5.69 Å². The predicted molar refractivity (Wildman–Crippen MR) is 73.3 cm³/mol. The van der Waals surface area contributed by atoms with Crippen LogP contribution >= 0.6 is 0 Å². The monoisotopic (exact) mass is 249 g/mol. The van der Waals surface area contributed by atoms with Crippen LogP contribution in [0.15, 0.2) is 42.2 Å². The summed E-state index contributed by atoms with van der Waals surface area (Å²) < 4.78 is 5.69. The molecule has 0 aliphatic carbocycles. The van der Waals surface area contributed by atoms with Gasteiger partial charge >= 0.3 is 0 Å². The third-order valence-electron chi connectivity index (χ3n) is 1.84. The summed E-state index contributed by atoms with van der Waals surface area (Å²) in [5.74, 6) is 0.504. The van der Waals surface area contributed by atoms with Gasteiger partial charge in [0.2, 0.25) is 8.32 Å². The normalized spacial score (nSPS) is 12.1. The molecule has 17 heavy (non-hydrogen) atoms. The number of allylic oxidation sites excluding steroid dienone is 1. The Kier molecular flexibility index (Phi) is 4.51. The first-order valence-electron chi connectivity index (χ1n) is 5.60. The summed E-state index contributed by atoms with van der Waals surface area (Å²) in [5, 5.41) is 2.78. The zero-order chi connectivity index (χ0) is 12.9. The molecule has 92 valence electrons. The van der Waals surface area contributed by atoms with Crippen LogP contribution in [0.1, 0.15) is 6.92 Å². The van der Waals surface area contributed by atoms with Crippen molar-refractivity contribution in [2.24, 2.45) is 0 Å². The maximum absolute atomic E-state index is 11.7. The van der Waals surface area contributed by atoms with Gasteiger partial charge in [0.25, 0.3) is 5.91 Å². The molecule has 0 aliphatic rings. The molecule has 0 unspecified atom stereocenters. The van der Waals surface area contributed by atoms with Crippen molar-refractivity contribution in [1.82, 2.24) is 0 Å². The van der Waals surface area contributed by atoms with E-state index in [0.29, 0.717) is 5.76 Å². The molecule has 3 nitrogen and oxygen atoms in total. The Labute approximate surface area is 104 Å². The molecule has 0 saturated heterocycles. The Morgan fingerprint density at radius 3 is 2.35 bits per heavy atom. The Bertz CT molecular complexity index is 407. The summed E-state index contributed by atoms with van der Waals surface area (Å²) in [5.41, 5.74) is 0.787. The number of benzene rings is 1. The molecule has 0 aliphatic heterocycles. The van der Waals surface area contributed by atoms with Gasteiger partial charge in [0.05, 0.1) is 5.76 Å². The highest BCUT2D eigenvalue weighted by Crippen LogP contribution is 2.10. The minimum atomic E-state index is -1.63. The molecule has 0 aromatic heterocycles. The third kappa shape index (κ3) is 5.92. The minimum absolute atomic E-state index is 0.160. The number of rotatable bonds is 4. The summed E-state index contributed by atoms with van der Waals surface area (Å²) in [7, 11) is -1.63. The first-order valence-corrected chi connectivity index (χ1v) is 9.01. The van der Waals surface area contributed by atoms with E-state index in [-0.39, 0.29) is 5.91 Å². The van der Waals surface area contributed by atoms with E-state index in [1.165, 1.54) is 6.08 Å². The van der Waals surface area contributed by atoms with Crippen molar-refractivity contribution in [3.8, 4) is 0 Å². The van der Waals surface area contributed by atoms with Gasteiger partial charge in [0, 0.05) is 11.8 Å². The van der Waals surface area contributed by atoms with Gasteiger partial charge in [-0.1, -0.05) is 18.2 Å². The summed E-state index contributed by atoms with van der Waals surface area (Å²) in [6.07, 6.45) is 1.49. The summed E-state index contributed by atoms with van der Waals surface area (Å²) in [6, 6.07) is 9.36. The zero-order valence-electron chi connectivity index (χ0n) is 10.8. The van der Waals surface area contributed by atoms with Gasteiger partial charge in [-0.15, -0.1) is 0 Å². The second-order valence-electron chi connectivity index (χ2n) is 4.82. The molecule has 4 heteroatoms. The predicted octanol–water partition coefficient (Wildman–Crippen LogP) is 3.38. The fourth-order valence-corrected chi connectivity index (χ4v) is 2.42. The highest BCUT2D eigenvalue weighted by Gasteiger charge is 2.16. The van der Waals surface area contributed by atoms with Crippen molar-refractivity contribution in [2.45, 2.75) is 26.6 Å². The molecule has 0 heterocycles. The molecular weight excluding hydrogens is 230 g/mol. The van der Waals surface area contributed by atoms with E-state index in [1.54, 1.807) is 0 Å². The van der Waals surface area contributed by atoms with Gasteiger partial charge in [-0.25, -0.2) is 0 Å². The van der Waals surface area contributed by atoms with E-state index in [1.807, 2.05) is 37.3 Å². The molecule has 1 amide bonds. The highest BCUT2D eigenvalue weighted by atomic mass is 28.4. The van der Waals surface area contributed by atoms with E-state index >= 15 is 0 Å². The second-order valence-corrected chi connectivity index (χ2v) is 9.25. The van der Waals surface area contributed by atoms with Crippen LogP contribution in [-0.4, -0.2) is 14.2 Å². The lowest BCUT2D eigenvalue weighted by atomic mass is 10.3. The first kappa shape index (κ1) is 13.5. The fraction of sp³-hybridized carbons (Fsp3) is 0.308. The molecule has 0 fully saturated rings. The van der Waals surface area contributed by atoms with Gasteiger partial charge in [-0.3, -0.25) is 4.79 Å². The van der Waals surface area contributed by atoms with Crippen LogP contribution in [0, 0.1) is 0 Å². The topological polar surface area (TPSA) is 38.3 Å². The Morgan fingerprint density at radius 2 is 1.82 bits per heavy atom. The number of anilines is 1. The maximum Gasteiger partial charge on any atom is 0.251 e. The number of para-hydroxylation sites is 1. The van der Waals surface area contributed by atoms with Crippen molar-refractivity contribution >= 4 is 19.9 Å². The van der Waals surface area contributed by atoms with E-state index < -0.39 is 8.32 Å². The summed E-state index contributed by atoms with van der Waals surface area (Å²) >= 11 is 0. The summed E-state index contributed by atoms with van der Waals surface area (Å²) in [6.45, 7) is 8.06. The van der Waals surface area contributed by atoms with Crippen LogP contribution in [0.3, 0.4) is 0 Å². The number of amides is 1. The van der Waals surface area contributed by atoms with Crippen molar-refractivity contribution < 1.29 is 9.22 Å². The number of hydrogen-bond donors (Lipinski definition) is 1. The van der Waals surface area contributed by atoms with Gasteiger partial charge in [0.1, 0.15) is 0 Å². The molecule has 0 radical (unpaired) electrons. The number of carbonyl (C=O) groups excluding carboxylic acids is 1. The third-order valence-corrected chi connectivity index (χ3v) is 2.78. The van der Waals surface area contributed by atoms with E-state index in [2.05, 4.69) is 25.0 Å². The average molecular weight is 249 g/mol. The lowest BCUT2D eigenvalue weighted by molar-refractivity contribution is -0.112. The summed E-state index contributed by atoms with van der Waals surface area (Å²) in [4.78, 5) is 11.7. The van der Waals surface area contributed by atoms with Crippen LogP contribution < -0.4 is 5.32 Å². The fourth-order valence-electron chi connectivity index (χ4n) is 1.40. The van der Waals surface area contributed by atoms with Crippen LogP contribution in [0.25, 0.3) is 0 Å². The average Bonchev–Trinajstić information content (AvgIpc) is 2.15. The van der Waals surface area contributed by atoms with Gasteiger partial charge in [-0.2, -0.15) is 0 Å². The van der Waals surface area contributed by atoms with Crippen LogP contribution in [0.4, 0.5) is 5.69 Å². The Balaban J connectivity index is 2.58. The number of nitrogens with one attached hydrogen (secondary N) is 1. The quantitative estimate of drug-likeness (QED) is 0.504. The zero-order valence-corrected chi connectivity index (χ0v) is 11.8. The van der Waals surface area contributed by atoms with E-state index in [4.69, 9.17) is 4.43 Å². The van der Waals surface area contributed by atoms with Crippen LogP contribution in [0.5, 0.6) is 0 Å². The molecule has 1 aromatic rings. The van der Waals surface area contributed by atoms with Gasteiger partial charge in [-0.05, 0) is 38.7 Å². The Hall–Kier alpha value is -1.55. The van der Waals surface area contributed by atoms with Crippen LogP contribution in [0.2, 0.25) is 19.6 Å². The second kappa shape index (κ2) is 5.68. The van der Waals surface area contributed by atoms with E-state index in [9.17, 15) is 4.79 Å². The molecule has 1 N–H and O–H groups in total. The minimum Gasteiger partial charge on any atom is -0.547 e. The first-order chi connectivity index (χ1) is 7.87. The molecule has 1 rings (SSSR count). The van der Waals surface area contributed by atoms with Crippen molar-refractivity contribution in [1.29, 1.82) is 0 Å². The molecule has 0 atom stereocenters. The maximum atomic E-state index is 11.7. The highest BCUT2D eigenvalue weighted by molar-refractivity contribution is 6.70. The van der Waals surface area contributed by atoms with Crippen molar-refractivity contribution in [3.63, 3.8) is 0 Å². The van der Waals surface area contributed by atoms with Gasteiger partial charge in [0.15, 0.2) is 0 Å². The molecule has 0 spiro atoms. The molecular formula is C13H19NO2Si. The standard InChI is InChI=1S/C13H19NO2Si/c1-11(16-17(2,3)4)10-13(15)14-12-8-6-5-7-9-12/h5-10H,1-4H3,(H,14,15). The van der Waals surface area contributed by atoms with Gasteiger partial charge < -0.3 is 9.74 Å². The van der Waals surface area contributed by atoms with Crippen molar-refractivity contribution in [2.75, 3.05) is 5.32 Å². The number of hydrogen-bond acceptors (Lipinski definition) is 2. The molecule has 0 bridgehead atoms. The van der Waals surface area contributed by atoms with Crippen molar-refractivity contribution in [3.05, 3.63) is 42.2 Å². The Morgan fingerprint density at radius 1 is 1.24 bits per heavy atom. The lowest BCUT2D eigenvalue weighted by Gasteiger charge is -2.19. The number of carbonyl (C=O) groups is 1.